The number of nitrogens with one attached hydrogen (secondary N) is 1. The summed E-state index contributed by atoms with van der Waals surface area (Å²) in [6.45, 7) is -0.354. The van der Waals surface area contributed by atoms with Crippen molar-refractivity contribution in [3.8, 4) is 0 Å². The highest BCUT2D eigenvalue weighted by atomic mass is 16.5. The summed E-state index contributed by atoms with van der Waals surface area (Å²) >= 11 is 0. The summed E-state index contributed by atoms with van der Waals surface area (Å²) in [7, 11) is 0. The second-order valence-electron chi connectivity index (χ2n) is 3.83. The molecule has 0 aliphatic carbocycles. The van der Waals surface area contributed by atoms with Crippen LogP contribution in [-0.4, -0.2) is 44.6 Å². The Hall–Kier alpha value is -1.48. The molecule has 1 aliphatic rings. The molecule has 4 atom stereocenters. The number of ether oxygens (including phenoxy) is 1. The molecule has 1 fully saturated rings. The molecule has 1 aromatic heterocycles. The molecule has 17 heavy (non-hydrogen) atoms. The second-order valence-corrected chi connectivity index (χ2v) is 3.83. The fourth-order valence-corrected chi connectivity index (χ4v) is 1.78. The standard InChI is InChI=1S/C9H13N3O5/c10-6-4(3-13)17-8(7(6)15)12-2-1-5(14)11-9(12)16/h1-2,4,6-8,13,15H,3,10H2,(H,11,14,16)/t4-,6-,7+,8-/m1/s1. The highest BCUT2D eigenvalue weighted by molar-refractivity contribution is 4.94. The van der Waals surface area contributed by atoms with Crippen LogP contribution in [0.25, 0.3) is 0 Å². The van der Waals surface area contributed by atoms with E-state index in [1.165, 1.54) is 6.20 Å². The molecule has 0 unspecified atom stereocenters. The van der Waals surface area contributed by atoms with Crippen LogP contribution >= 0.6 is 0 Å². The monoisotopic (exact) mass is 243 g/mol. The Morgan fingerprint density at radius 1 is 1.53 bits per heavy atom. The number of aromatic nitrogens is 2. The van der Waals surface area contributed by atoms with Crippen molar-refractivity contribution in [3.63, 3.8) is 0 Å². The molecule has 0 aromatic carbocycles. The van der Waals surface area contributed by atoms with E-state index in [9.17, 15) is 14.7 Å². The van der Waals surface area contributed by atoms with Crippen molar-refractivity contribution in [2.45, 2.75) is 24.5 Å². The molecule has 5 N–H and O–H groups in total. The van der Waals surface area contributed by atoms with Crippen molar-refractivity contribution >= 4 is 0 Å². The Morgan fingerprint density at radius 2 is 2.24 bits per heavy atom. The van der Waals surface area contributed by atoms with E-state index in [1.807, 2.05) is 4.98 Å². The van der Waals surface area contributed by atoms with Crippen LogP contribution in [0.15, 0.2) is 21.9 Å². The van der Waals surface area contributed by atoms with Crippen LogP contribution in [0.3, 0.4) is 0 Å². The minimum absolute atomic E-state index is 0.354. The lowest BCUT2D eigenvalue weighted by molar-refractivity contribution is -0.0532. The highest BCUT2D eigenvalue weighted by Gasteiger charge is 2.42. The van der Waals surface area contributed by atoms with Gasteiger partial charge in [0.05, 0.1) is 12.6 Å². The Bertz CT molecular complexity index is 510. The Balaban J connectivity index is 2.35. The molecule has 8 heteroatoms. The van der Waals surface area contributed by atoms with Gasteiger partial charge in [-0.2, -0.15) is 0 Å². The van der Waals surface area contributed by atoms with Crippen LogP contribution in [-0.2, 0) is 4.74 Å². The summed E-state index contributed by atoms with van der Waals surface area (Å²) in [4.78, 5) is 24.4. The average molecular weight is 243 g/mol. The summed E-state index contributed by atoms with van der Waals surface area (Å²) in [5.41, 5.74) is 4.38. The lowest BCUT2D eigenvalue weighted by Crippen LogP contribution is -2.42. The number of rotatable bonds is 2. The van der Waals surface area contributed by atoms with Crippen LogP contribution in [0.2, 0.25) is 0 Å². The molecule has 1 aliphatic heterocycles. The zero-order valence-corrected chi connectivity index (χ0v) is 8.81. The maximum atomic E-state index is 11.5. The lowest BCUT2D eigenvalue weighted by atomic mass is 10.1. The lowest BCUT2D eigenvalue weighted by Gasteiger charge is -2.16. The molecule has 0 bridgehead atoms. The normalized spacial score (nSPS) is 32.9. The number of hydrogen-bond donors (Lipinski definition) is 4. The van der Waals surface area contributed by atoms with Crippen molar-refractivity contribution in [3.05, 3.63) is 33.1 Å². The van der Waals surface area contributed by atoms with Gasteiger partial charge in [-0.05, 0) is 0 Å². The van der Waals surface area contributed by atoms with E-state index in [-0.39, 0.29) is 6.61 Å². The largest absolute Gasteiger partial charge is 0.394 e. The zero-order chi connectivity index (χ0) is 12.6. The van der Waals surface area contributed by atoms with Gasteiger partial charge in [0.1, 0.15) is 12.2 Å². The van der Waals surface area contributed by atoms with Gasteiger partial charge in [-0.1, -0.05) is 0 Å². The molecule has 0 saturated carbocycles. The molecule has 0 amide bonds. The van der Waals surface area contributed by atoms with E-state index >= 15 is 0 Å². The molecule has 2 heterocycles. The molecule has 1 aromatic rings. The third-order valence-electron chi connectivity index (χ3n) is 2.74. The fourth-order valence-electron chi connectivity index (χ4n) is 1.78. The third-order valence-corrected chi connectivity index (χ3v) is 2.74. The van der Waals surface area contributed by atoms with E-state index in [4.69, 9.17) is 15.6 Å². The van der Waals surface area contributed by atoms with Gasteiger partial charge in [0.15, 0.2) is 6.23 Å². The van der Waals surface area contributed by atoms with Gasteiger partial charge in [0.2, 0.25) is 0 Å². The van der Waals surface area contributed by atoms with Gasteiger partial charge >= 0.3 is 5.69 Å². The number of hydrogen-bond acceptors (Lipinski definition) is 6. The van der Waals surface area contributed by atoms with E-state index in [0.29, 0.717) is 0 Å². The molecule has 0 spiro atoms. The van der Waals surface area contributed by atoms with E-state index in [1.54, 1.807) is 0 Å². The van der Waals surface area contributed by atoms with Gasteiger partial charge < -0.3 is 20.7 Å². The SMILES string of the molecule is N[C@H]1[C@H](O)[C@H](n2ccc(=O)[nH]c2=O)O[C@@H]1CO. The number of aliphatic hydroxyl groups excluding tert-OH is 2. The number of nitrogens with zero attached hydrogens (tertiary/aromatic N) is 1. The topological polar surface area (TPSA) is 131 Å². The molecule has 1 saturated heterocycles. The van der Waals surface area contributed by atoms with Gasteiger partial charge in [0, 0.05) is 12.3 Å². The van der Waals surface area contributed by atoms with Crippen molar-refractivity contribution in [2.75, 3.05) is 6.61 Å². The number of nitrogens with two attached hydrogens (primary N) is 1. The van der Waals surface area contributed by atoms with Gasteiger partial charge in [-0.15, -0.1) is 0 Å². The highest BCUT2D eigenvalue weighted by Crippen LogP contribution is 2.26. The van der Waals surface area contributed by atoms with E-state index in [2.05, 4.69) is 0 Å². The first-order valence-electron chi connectivity index (χ1n) is 5.06. The number of H-pyrrole nitrogens is 1. The van der Waals surface area contributed by atoms with Gasteiger partial charge in [0.25, 0.3) is 5.56 Å². The maximum absolute atomic E-state index is 11.5. The van der Waals surface area contributed by atoms with Crippen LogP contribution in [0.4, 0.5) is 0 Å². The molecule has 8 nitrogen and oxygen atoms in total. The minimum Gasteiger partial charge on any atom is -0.394 e. The smallest absolute Gasteiger partial charge is 0.330 e. The first-order chi connectivity index (χ1) is 8.04. The Kier molecular flexibility index (Phi) is 3.11. The van der Waals surface area contributed by atoms with E-state index < -0.39 is 35.7 Å². The molecular weight excluding hydrogens is 230 g/mol. The van der Waals surface area contributed by atoms with Crippen molar-refractivity contribution < 1.29 is 14.9 Å². The van der Waals surface area contributed by atoms with Gasteiger partial charge in [-0.25, -0.2) is 4.79 Å². The zero-order valence-electron chi connectivity index (χ0n) is 8.81. The third kappa shape index (κ3) is 2.03. The Morgan fingerprint density at radius 3 is 2.76 bits per heavy atom. The van der Waals surface area contributed by atoms with Crippen LogP contribution in [0.1, 0.15) is 6.23 Å². The summed E-state index contributed by atoms with van der Waals surface area (Å²) in [5.74, 6) is 0. The predicted molar refractivity (Wildman–Crippen MR) is 56.3 cm³/mol. The fraction of sp³-hybridized carbons (Fsp3) is 0.556. The van der Waals surface area contributed by atoms with Crippen LogP contribution in [0.5, 0.6) is 0 Å². The first-order valence-corrected chi connectivity index (χ1v) is 5.06. The van der Waals surface area contributed by atoms with Crippen LogP contribution in [0, 0.1) is 0 Å². The molecule has 2 rings (SSSR count). The van der Waals surface area contributed by atoms with Gasteiger partial charge in [-0.3, -0.25) is 14.3 Å². The molecule has 0 radical (unpaired) electrons. The number of aliphatic hydroxyl groups is 2. The minimum atomic E-state index is -1.13. The first kappa shape index (κ1) is 12.0. The second kappa shape index (κ2) is 4.41. The quantitative estimate of drug-likeness (QED) is 0.441. The summed E-state index contributed by atoms with van der Waals surface area (Å²) in [6.07, 6.45) is -1.67. The van der Waals surface area contributed by atoms with Crippen molar-refractivity contribution in [2.24, 2.45) is 5.73 Å². The van der Waals surface area contributed by atoms with Crippen molar-refractivity contribution in [1.29, 1.82) is 0 Å². The summed E-state index contributed by atoms with van der Waals surface area (Å²) < 4.78 is 6.29. The predicted octanol–water partition coefficient (Wildman–Crippen LogP) is -2.89. The average Bonchev–Trinajstić information content (AvgIpc) is 2.57. The number of aromatic amines is 1. The van der Waals surface area contributed by atoms with Crippen molar-refractivity contribution in [1.82, 2.24) is 9.55 Å². The summed E-state index contributed by atoms with van der Waals surface area (Å²) in [6, 6.07) is 0.346. The molecule has 94 valence electrons. The maximum Gasteiger partial charge on any atom is 0.330 e. The van der Waals surface area contributed by atoms with Crippen LogP contribution < -0.4 is 17.0 Å². The summed E-state index contributed by atoms with van der Waals surface area (Å²) in [5, 5.41) is 18.8. The molecular formula is C9H13N3O5. The van der Waals surface area contributed by atoms with E-state index in [0.717, 1.165) is 10.6 Å². The Labute approximate surface area is 95.3 Å².